The second-order valence-electron chi connectivity index (χ2n) is 5.19. The van der Waals surface area contributed by atoms with Crippen molar-refractivity contribution >= 4 is 17.6 Å². The monoisotopic (exact) mass is 312 g/mol. The maximum Gasteiger partial charge on any atom is 0.255 e. The highest BCUT2D eigenvalue weighted by molar-refractivity contribution is 5.94. The van der Waals surface area contributed by atoms with Crippen LogP contribution in [0.2, 0.25) is 0 Å². The summed E-state index contributed by atoms with van der Waals surface area (Å²) in [5, 5.41) is 2.91. The van der Waals surface area contributed by atoms with Crippen LogP contribution >= 0.6 is 0 Å². The van der Waals surface area contributed by atoms with Crippen molar-refractivity contribution < 1.29 is 9.59 Å². The van der Waals surface area contributed by atoms with Gasteiger partial charge in [0.15, 0.2) is 0 Å². The summed E-state index contributed by atoms with van der Waals surface area (Å²) in [6.07, 6.45) is 5.22. The Morgan fingerprint density at radius 3 is 2.96 bits per heavy atom. The first-order valence-electron chi connectivity index (χ1n) is 7.19. The van der Waals surface area contributed by atoms with E-state index in [1.165, 1.54) is 6.33 Å². The molecule has 0 saturated heterocycles. The summed E-state index contributed by atoms with van der Waals surface area (Å²) in [6.45, 7) is 0.970. The molecule has 2 aromatic heterocycles. The van der Waals surface area contributed by atoms with Crippen molar-refractivity contribution in [2.45, 2.75) is 13.0 Å². The molecule has 3 N–H and O–H groups in total. The van der Waals surface area contributed by atoms with E-state index in [0.29, 0.717) is 30.9 Å². The minimum atomic E-state index is -0.457. The van der Waals surface area contributed by atoms with Crippen molar-refractivity contribution in [2.75, 3.05) is 18.4 Å². The molecule has 0 spiro atoms. The lowest BCUT2D eigenvalue weighted by Gasteiger charge is -2.29. The first kappa shape index (κ1) is 14.9. The standard InChI is InChI=1S/C15H16N6O2/c16-13(22)7-18-14-11-3-5-21(8-12(11)19-9-20-14)15(23)10-2-1-4-17-6-10/h1-2,4,6,9H,3,5,7-8H2,(H2,16,22)(H,18,19,20). The molecule has 3 heterocycles. The minimum Gasteiger partial charge on any atom is -0.368 e. The number of hydrogen-bond acceptors (Lipinski definition) is 6. The molecule has 0 atom stereocenters. The normalized spacial score (nSPS) is 13.3. The van der Waals surface area contributed by atoms with Crippen molar-refractivity contribution in [1.82, 2.24) is 19.9 Å². The summed E-state index contributed by atoms with van der Waals surface area (Å²) in [5.74, 6) is 0.0674. The Kier molecular flexibility index (Phi) is 4.13. The summed E-state index contributed by atoms with van der Waals surface area (Å²) in [5.41, 5.74) is 7.39. The molecule has 0 fully saturated rings. The van der Waals surface area contributed by atoms with Crippen LogP contribution in [0.1, 0.15) is 21.6 Å². The highest BCUT2D eigenvalue weighted by Crippen LogP contribution is 2.23. The van der Waals surface area contributed by atoms with Gasteiger partial charge in [-0.15, -0.1) is 0 Å². The Hall–Kier alpha value is -3.03. The zero-order chi connectivity index (χ0) is 16.2. The summed E-state index contributed by atoms with van der Waals surface area (Å²) in [4.78, 5) is 37.5. The maximum atomic E-state index is 12.5. The van der Waals surface area contributed by atoms with Gasteiger partial charge in [-0.2, -0.15) is 0 Å². The molecule has 8 heteroatoms. The number of nitrogens with one attached hydrogen (secondary N) is 1. The second-order valence-corrected chi connectivity index (χ2v) is 5.19. The van der Waals surface area contributed by atoms with Gasteiger partial charge in [-0.05, 0) is 18.6 Å². The molecule has 1 aliphatic rings. The van der Waals surface area contributed by atoms with E-state index in [4.69, 9.17) is 5.73 Å². The van der Waals surface area contributed by atoms with E-state index < -0.39 is 5.91 Å². The third-order valence-electron chi connectivity index (χ3n) is 3.63. The zero-order valence-corrected chi connectivity index (χ0v) is 12.4. The number of anilines is 1. The van der Waals surface area contributed by atoms with Crippen LogP contribution in [0.3, 0.4) is 0 Å². The fraction of sp³-hybridized carbons (Fsp3) is 0.267. The van der Waals surface area contributed by atoms with E-state index in [1.807, 2.05) is 0 Å². The van der Waals surface area contributed by atoms with Gasteiger partial charge in [0.05, 0.1) is 24.3 Å². The molecule has 118 valence electrons. The molecule has 0 bridgehead atoms. The predicted molar refractivity (Wildman–Crippen MR) is 82.4 cm³/mol. The maximum absolute atomic E-state index is 12.5. The highest BCUT2D eigenvalue weighted by atomic mass is 16.2. The zero-order valence-electron chi connectivity index (χ0n) is 12.4. The summed E-state index contributed by atoms with van der Waals surface area (Å²) in [7, 11) is 0. The molecule has 0 unspecified atom stereocenters. The van der Waals surface area contributed by atoms with Crippen LogP contribution in [0, 0.1) is 0 Å². The van der Waals surface area contributed by atoms with Crippen molar-refractivity contribution in [3.63, 3.8) is 0 Å². The lowest BCUT2D eigenvalue weighted by Crippen LogP contribution is -2.37. The van der Waals surface area contributed by atoms with Crippen LogP contribution < -0.4 is 11.1 Å². The van der Waals surface area contributed by atoms with Gasteiger partial charge in [0.2, 0.25) is 5.91 Å². The fourth-order valence-electron chi connectivity index (χ4n) is 2.52. The van der Waals surface area contributed by atoms with E-state index in [0.717, 1.165) is 11.3 Å². The molecule has 0 aromatic carbocycles. The topological polar surface area (TPSA) is 114 Å². The molecule has 8 nitrogen and oxygen atoms in total. The van der Waals surface area contributed by atoms with E-state index in [1.54, 1.807) is 29.4 Å². The van der Waals surface area contributed by atoms with Crippen LogP contribution in [0.4, 0.5) is 5.82 Å². The number of hydrogen-bond donors (Lipinski definition) is 2. The van der Waals surface area contributed by atoms with Crippen molar-refractivity contribution in [3.05, 3.63) is 47.7 Å². The van der Waals surface area contributed by atoms with Gasteiger partial charge in [-0.3, -0.25) is 14.6 Å². The fourth-order valence-corrected chi connectivity index (χ4v) is 2.52. The number of nitrogens with two attached hydrogens (primary N) is 1. The smallest absolute Gasteiger partial charge is 0.255 e. The van der Waals surface area contributed by atoms with Crippen LogP contribution in [0.15, 0.2) is 30.9 Å². The Morgan fingerprint density at radius 2 is 2.22 bits per heavy atom. The Bertz CT molecular complexity index is 734. The summed E-state index contributed by atoms with van der Waals surface area (Å²) in [6, 6.07) is 3.48. The van der Waals surface area contributed by atoms with E-state index >= 15 is 0 Å². The predicted octanol–water partition coefficient (Wildman–Crippen LogP) is -0.0327. The first-order valence-corrected chi connectivity index (χ1v) is 7.19. The van der Waals surface area contributed by atoms with Crippen molar-refractivity contribution in [1.29, 1.82) is 0 Å². The molecule has 2 amide bonds. The number of carbonyl (C=O) groups excluding carboxylic acids is 2. The molecular formula is C15H16N6O2. The highest BCUT2D eigenvalue weighted by Gasteiger charge is 2.25. The molecule has 0 radical (unpaired) electrons. The van der Waals surface area contributed by atoms with Gasteiger partial charge in [-0.25, -0.2) is 9.97 Å². The van der Waals surface area contributed by atoms with Crippen LogP contribution in [0.25, 0.3) is 0 Å². The third-order valence-corrected chi connectivity index (χ3v) is 3.63. The van der Waals surface area contributed by atoms with Crippen LogP contribution in [-0.4, -0.2) is 44.8 Å². The molecule has 23 heavy (non-hydrogen) atoms. The Labute approximate surface area is 132 Å². The lowest BCUT2D eigenvalue weighted by molar-refractivity contribution is -0.116. The number of rotatable bonds is 4. The van der Waals surface area contributed by atoms with E-state index in [2.05, 4.69) is 20.3 Å². The second kappa shape index (κ2) is 6.39. The van der Waals surface area contributed by atoms with Crippen LogP contribution in [0.5, 0.6) is 0 Å². The van der Waals surface area contributed by atoms with Gasteiger partial charge in [0.1, 0.15) is 12.1 Å². The molecule has 0 aliphatic carbocycles. The first-order chi connectivity index (χ1) is 11.1. The minimum absolute atomic E-state index is 0.0157. The van der Waals surface area contributed by atoms with Crippen LogP contribution in [-0.2, 0) is 17.8 Å². The average molecular weight is 312 g/mol. The largest absolute Gasteiger partial charge is 0.368 e. The number of carbonyl (C=O) groups is 2. The van der Waals surface area contributed by atoms with Gasteiger partial charge >= 0.3 is 0 Å². The molecule has 1 aliphatic heterocycles. The quantitative estimate of drug-likeness (QED) is 0.819. The van der Waals surface area contributed by atoms with Gasteiger partial charge < -0.3 is 16.0 Å². The summed E-state index contributed by atoms with van der Waals surface area (Å²) >= 11 is 0. The van der Waals surface area contributed by atoms with E-state index in [9.17, 15) is 9.59 Å². The van der Waals surface area contributed by atoms with Gasteiger partial charge in [0, 0.05) is 24.5 Å². The number of aromatic nitrogens is 3. The van der Waals surface area contributed by atoms with Crippen molar-refractivity contribution in [2.24, 2.45) is 5.73 Å². The van der Waals surface area contributed by atoms with Gasteiger partial charge in [0.25, 0.3) is 5.91 Å². The molecule has 2 aromatic rings. The Balaban J connectivity index is 1.78. The molecular weight excluding hydrogens is 296 g/mol. The Morgan fingerprint density at radius 1 is 1.35 bits per heavy atom. The third kappa shape index (κ3) is 3.25. The lowest BCUT2D eigenvalue weighted by atomic mass is 10.0. The van der Waals surface area contributed by atoms with Gasteiger partial charge in [-0.1, -0.05) is 0 Å². The number of pyridine rings is 1. The number of primary amides is 1. The summed E-state index contributed by atoms with van der Waals surface area (Å²) < 4.78 is 0. The average Bonchev–Trinajstić information content (AvgIpc) is 2.59. The molecule has 0 saturated carbocycles. The SMILES string of the molecule is NC(=O)CNc1ncnc2c1CCN(C(=O)c1cccnc1)C2. The molecule has 3 rings (SSSR count). The number of fused-ring (bicyclic) bond motifs is 1. The van der Waals surface area contributed by atoms with E-state index in [-0.39, 0.29) is 12.5 Å². The van der Waals surface area contributed by atoms with Crippen molar-refractivity contribution in [3.8, 4) is 0 Å². The number of amides is 2. The number of nitrogens with zero attached hydrogens (tertiary/aromatic N) is 4.